The van der Waals surface area contributed by atoms with Crippen LogP contribution < -0.4 is 5.32 Å². The molecule has 0 bridgehead atoms. The number of rotatable bonds is 2. The summed E-state index contributed by atoms with van der Waals surface area (Å²) >= 11 is 10.9. The first-order valence-corrected chi connectivity index (χ1v) is 6.12. The fourth-order valence-corrected chi connectivity index (χ4v) is 1.79. The van der Waals surface area contributed by atoms with Crippen LogP contribution in [0.25, 0.3) is 0 Å². The second kappa shape index (κ2) is 5.76. The van der Waals surface area contributed by atoms with Gasteiger partial charge in [0.05, 0.1) is 0 Å². The van der Waals surface area contributed by atoms with Crippen LogP contribution in [0.2, 0.25) is 5.02 Å². The van der Waals surface area contributed by atoms with Crippen molar-refractivity contribution in [1.82, 2.24) is 5.32 Å². The molecule has 4 heteroatoms. The lowest BCUT2D eigenvalue weighted by atomic mass is 10.2. The maximum Gasteiger partial charge on any atom is 0.256 e. The van der Waals surface area contributed by atoms with E-state index in [2.05, 4.69) is 5.32 Å². The van der Waals surface area contributed by atoms with Crippen molar-refractivity contribution in [1.29, 1.82) is 0 Å². The lowest BCUT2D eigenvalue weighted by Crippen LogP contribution is -2.29. The molecular formula is C14H10ClNOS. The predicted octanol–water partition coefficient (Wildman–Crippen LogP) is 3.45. The second-order valence-corrected chi connectivity index (χ2v) is 4.50. The standard InChI is InChI=1S/C14H10ClNOS/c15-12-8-6-10(7-9-12)13(17)16-14(18)11-4-2-1-3-5-11/h1-9H,(H,16,17,18). The molecule has 0 spiro atoms. The third-order valence-corrected chi connectivity index (χ3v) is 2.96. The molecule has 2 rings (SSSR count). The monoisotopic (exact) mass is 275 g/mol. The quantitative estimate of drug-likeness (QED) is 0.851. The van der Waals surface area contributed by atoms with Crippen molar-refractivity contribution in [2.45, 2.75) is 0 Å². The maximum absolute atomic E-state index is 11.9. The van der Waals surface area contributed by atoms with Crippen LogP contribution in [0.5, 0.6) is 0 Å². The highest BCUT2D eigenvalue weighted by molar-refractivity contribution is 7.80. The topological polar surface area (TPSA) is 29.1 Å². The fourth-order valence-electron chi connectivity index (χ4n) is 1.44. The molecule has 90 valence electrons. The molecule has 0 aliphatic rings. The minimum atomic E-state index is -0.236. The van der Waals surface area contributed by atoms with Crippen LogP contribution in [-0.2, 0) is 0 Å². The van der Waals surface area contributed by atoms with E-state index in [0.29, 0.717) is 15.6 Å². The third kappa shape index (κ3) is 3.15. The zero-order valence-electron chi connectivity index (χ0n) is 9.39. The summed E-state index contributed by atoms with van der Waals surface area (Å²) in [6.07, 6.45) is 0. The van der Waals surface area contributed by atoms with E-state index in [9.17, 15) is 4.79 Å². The number of amides is 1. The fraction of sp³-hybridized carbons (Fsp3) is 0. The van der Waals surface area contributed by atoms with Crippen molar-refractivity contribution in [3.05, 3.63) is 70.7 Å². The molecule has 0 unspecified atom stereocenters. The van der Waals surface area contributed by atoms with E-state index in [-0.39, 0.29) is 5.91 Å². The van der Waals surface area contributed by atoms with Crippen LogP contribution in [0.15, 0.2) is 54.6 Å². The van der Waals surface area contributed by atoms with E-state index in [1.54, 1.807) is 24.3 Å². The number of benzene rings is 2. The Kier molecular flexibility index (Phi) is 4.07. The van der Waals surface area contributed by atoms with Gasteiger partial charge in [0.1, 0.15) is 4.99 Å². The summed E-state index contributed by atoms with van der Waals surface area (Å²) in [5, 5.41) is 3.28. The van der Waals surface area contributed by atoms with Crippen LogP contribution >= 0.6 is 23.8 Å². The molecule has 0 saturated heterocycles. The number of thiocarbonyl (C=S) groups is 1. The largest absolute Gasteiger partial charge is 0.312 e. The molecule has 18 heavy (non-hydrogen) atoms. The molecule has 0 atom stereocenters. The molecule has 2 aromatic rings. The van der Waals surface area contributed by atoms with E-state index in [1.807, 2.05) is 30.3 Å². The van der Waals surface area contributed by atoms with Gasteiger partial charge in [-0.1, -0.05) is 54.2 Å². The zero-order chi connectivity index (χ0) is 13.0. The lowest BCUT2D eigenvalue weighted by molar-refractivity contribution is 0.0978. The van der Waals surface area contributed by atoms with Crippen LogP contribution in [0.4, 0.5) is 0 Å². The van der Waals surface area contributed by atoms with Gasteiger partial charge in [-0.05, 0) is 24.3 Å². The lowest BCUT2D eigenvalue weighted by Gasteiger charge is -2.06. The summed E-state index contributed by atoms with van der Waals surface area (Å²) in [6.45, 7) is 0. The highest BCUT2D eigenvalue weighted by Crippen LogP contribution is 2.09. The van der Waals surface area contributed by atoms with Gasteiger partial charge in [-0.3, -0.25) is 4.79 Å². The van der Waals surface area contributed by atoms with Crippen molar-refractivity contribution in [3.63, 3.8) is 0 Å². The van der Waals surface area contributed by atoms with Crippen molar-refractivity contribution >= 4 is 34.7 Å². The highest BCUT2D eigenvalue weighted by Gasteiger charge is 2.08. The summed E-state index contributed by atoms with van der Waals surface area (Å²) in [5.74, 6) is -0.236. The first-order valence-electron chi connectivity index (χ1n) is 5.33. The van der Waals surface area contributed by atoms with E-state index >= 15 is 0 Å². The Balaban J connectivity index is 2.08. The molecule has 2 aromatic carbocycles. The normalized spacial score (nSPS) is 9.83. The van der Waals surface area contributed by atoms with Crippen molar-refractivity contribution in [2.24, 2.45) is 0 Å². The van der Waals surface area contributed by atoms with E-state index < -0.39 is 0 Å². The number of nitrogens with one attached hydrogen (secondary N) is 1. The van der Waals surface area contributed by atoms with Crippen molar-refractivity contribution < 1.29 is 4.79 Å². The Morgan fingerprint density at radius 3 is 2.17 bits per heavy atom. The SMILES string of the molecule is O=C(NC(=S)c1ccccc1)c1ccc(Cl)cc1. The van der Waals surface area contributed by atoms with Crippen molar-refractivity contribution in [2.75, 3.05) is 0 Å². The molecule has 0 aliphatic heterocycles. The third-order valence-electron chi connectivity index (χ3n) is 2.37. The van der Waals surface area contributed by atoms with Gasteiger partial charge in [0, 0.05) is 16.1 Å². The summed E-state index contributed by atoms with van der Waals surface area (Å²) in [6, 6.07) is 16.0. The minimum Gasteiger partial charge on any atom is -0.312 e. The van der Waals surface area contributed by atoms with Gasteiger partial charge in [0.25, 0.3) is 5.91 Å². The molecule has 1 amide bonds. The number of carbonyl (C=O) groups is 1. The van der Waals surface area contributed by atoms with Gasteiger partial charge in [-0.15, -0.1) is 0 Å². The minimum absolute atomic E-state index is 0.236. The average molecular weight is 276 g/mol. The Hall–Kier alpha value is -1.71. The van der Waals surface area contributed by atoms with Crippen molar-refractivity contribution in [3.8, 4) is 0 Å². The second-order valence-electron chi connectivity index (χ2n) is 3.66. The molecular weight excluding hydrogens is 266 g/mol. The van der Waals surface area contributed by atoms with Crippen LogP contribution in [-0.4, -0.2) is 10.9 Å². The van der Waals surface area contributed by atoms with E-state index in [1.165, 1.54) is 0 Å². The van der Waals surface area contributed by atoms with Crippen LogP contribution in [0.1, 0.15) is 15.9 Å². The molecule has 0 aromatic heterocycles. The number of hydrogen-bond acceptors (Lipinski definition) is 2. The Bertz CT molecular complexity index is 566. The highest BCUT2D eigenvalue weighted by atomic mass is 35.5. The van der Waals surface area contributed by atoms with Gasteiger partial charge in [0.15, 0.2) is 0 Å². The van der Waals surface area contributed by atoms with E-state index in [0.717, 1.165) is 5.56 Å². The number of carbonyl (C=O) groups excluding carboxylic acids is 1. The summed E-state index contributed by atoms with van der Waals surface area (Å²) < 4.78 is 0. The molecule has 2 nitrogen and oxygen atoms in total. The van der Waals surface area contributed by atoms with Gasteiger partial charge in [0.2, 0.25) is 0 Å². The molecule has 0 saturated carbocycles. The summed E-state index contributed by atoms with van der Waals surface area (Å²) in [4.78, 5) is 12.3. The summed E-state index contributed by atoms with van der Waals surface area (Å²) in [5.41, 5.74) is 1.34. The maximum atomic E-state index is 11.9. The van der Waals surface area contributed by atoms with Gasteiger partial charge in [-0.25, -0.2) is 0 Å². The first-order chi connectivity index (χ1) is 8.66. The van der Waals surface area contributed by atoms with Crippen LogP contribution in [0, 0.1) is 0 Å². The molecule has 1 N–H and O–H groups in total. The van der Waals surface area contributed by atoms with Gasteiger partial charge >= 0.3 is 0 Å². The first kappa shape index (κ1) is 12.7. The smallest absolute Gasteiger partial charge is 0.256 e. The van der Waals surface area contributed by atoms with Crippen LogP contribution in [0.3, 0.4) is 0 Å². The zero-order valence-corrected chi connectivity index (χ0v) is 11.0. The molecule has 0 radical (unpaired) electrons. The van der Waals surface area contributed by atoms with E-state index in [4.69, 9.17) is 23.8 Å². The molecule has 0 aliphatic carbocycles. The average Bonchev–Trinajstić information content (AvgIpc) is 2.40. The molecule has 0 fully saturated rings. The van der Waals surface area contributed by atoms with Gasteiger partial charge < -0.3 is 5.32 Å². The summed E-state index contributed by atoms with van der Waals surface area (Å²) in [7, 11) is 0. The van der Waals surface area contributed by atoms with Gasteiger partial charge in [-0.2, -0.15) is 0 Å². The number of halogens is 1. The Morgan fingerprint density at radius 1 is 0.944 bits per heavy atom. The number of hydrogen-bond donors (Lipinski definition) is 1. The Morgan fingerprint density at radius 2 is 1.56 bits per heavy atom. The Labute approximate surface area is 116 Å². The predicted molar refractivity (Wildman–Crippen MR) is 77.1 cm³/mol. The molecule has 0 heterocycles.